The highest BCUT2D eigenvalue weighted by Gasteiger charge is 2.22. The Morgan fingerprint density at radius 3 is 2.70 bits per heavy atom. The molecule has 0 N–H and O–H groups in total. The normalized spacial score (nSPS) is 15.4. The van der Waals surface area contributed by atoms with Crippen LogP contribution in [0.15, 0.2) is 28.9 Å². The van der Waals surface area contributed by atoms with Gasteiger partial charge in [0.1, 0.15) is 11.3 Å². The Morgan fingerprint density at radius 2 is 2.00 bits per heavy atom. The number of aromatic nitrogens is 3. The molecule has 0 spiro atoms. The van der Waals surface area contributed by atoms with E-state index >= 15 is 0 Å². The number of fused-ring (bicyclic) bond motifs is 1. The highest BCUT2D eigenvalue weighted by atomic mass is 16.5. The van der Waals surface area contributed by atoms with Gasteiger partial charge in [-0.3, -0.25) is 9.88 Å². The lowest BCUT2D eigenvalue weighted by Crippen LogP contribution is -2.46. The van der Waals surface area contributed by atoms with E-state index in [1.807, 2.05) is 25.3 Å². The van der Waals surface area contributed by atoms with Crippen LogP contribution in [0.25, 0.3) is 10.9 Å². The largest absolute Gasteiger partial charge is 0.494 e. The van der Waals surface area contributed by atoms with Crippen molar-refractivity contribution in [1.82, 2.24) is 20.0 Å². The molecule has 0 saturated carbocycles. The molecule has 2 aromatic heterocycles. The molecule has 0 atom stereocenters. The van der Waals surface area contributed by atoms with Crippen LogP contribution in [0, 0.1) is 6.92 Å². The van der Waals surface area contributed by atoms with Crippen molar-refractivity contribution in [3.8, 4) is 5.75 Å². The molecular formula is C20H25N5O2. The molecule has 142 valence electrons. The highest BCUT2D eigenvalue weighted by Crippen LogP contribution is 2.34. The van der Waals surface area contributed by atoms with E-state index in [-0.39, 0.29) is 0 Å². The Kier molecular flexibility index (Phi) is 4.94. The van der Waals surface area contributed by atoms with E-state index in [2.05, 4.69) is 37.9 Å². The summed E-state index contributed by atoms with van der Waals surface area (Å²) in [5.74, 6) is 2.29. The number of ether oxygens (including phenoxy) is 1. The third-order valence-corrected chi connectivity index (χ3v) is 5.10. The average molecular weight is 367 g/mol. The first-order chi connectivity index (χ1) is 13.2. The second-order valence-corrected chi connectivity index (χ2v) is 6.87. The summed E-state index contributed by atoms with van der Waals surface area (Å²) in [6, 6.07) is 6.12. The standard InChI is InChI=1S/C20H25N5O2/c1-4-18-22-17(23-27-18)13-24-8-10-25(11-9-24)20-14(2)12-21-19-15(20)6-5-7-16(19)26-3/h5-7,12H,4,8-11,13H2,1-3H3. The second-order valence-electron chi connectivity index (χ2n) is 6.87. The fourth-order valence-corrected chi connectivity index (χ4v) is 3.69. The number of piperazine rings is 1. The molecule has 27 heavy (non-hydrogen) atoms. The van der Waals surface area contributed by atoms with Gasteiger partial charge in [-0.1, -0.05) is 24.2 Å². The molecule has 1 aliphatic rings. The molecule has 0 unspecified atom stereocenters. The third-order valence-electron chi connectivity index (χ3n) is 5.10. The zero-order valence-electron chi connectivity index (χ0n) is 16.1. The van der Waals surface area contributed by atoms with E-state index in [1.165, 1.54) is 11.3 Å². The SMILES string of the molecule is CCc1nc(CN2CCN(c3c(C)cnc4c(OC)cccc34)CC2)no1. The smallest absolute Gasteiger partial charge is 0.226 e. The number of pyridine rings is 1. The van der Waals surface area contributed by atoms with E-state index in [0.717, 1.165) is 61.6 Å². The summed E-state index contributed by atoms with van der Waals surface area (Å²) in [6.45, 7) is 8.71. The van der Waals surface area contributed by atoms with E-state index < -0.39 is 0 Å². The van der Waals surface area contributed by atoms with Gasteiger partial charge in [-0.25, -0.2) is 0 Å². The summed E-state index contributed by atoms with van der Waals surface area (Å²) >= 11 is 0. The molecule has 1 saturated heterocycles. The third kappa shape index (κ3) is 3.47. The summed E-state index contributed by atoms with van der Waals surface area (Å²) in [6.07, 6.45) is 2.72. The van der Waals surface area contributed by atoms with Crippen LogP contribution in [0.3, 0.4) is 0 Å². The fourth-order valence-electron chi connectivity index (χ4n) is 3.69. The first-order valence-corrected chi connectivity index (χ1v) is 9.40. The van der Waals surface area contributed by atoms with Crippen LogP contribution in [0.1, 0.15) is 24.2 Å². The molecule has 3 aromatic rings. The van der Waals surface area contributed by atoms with Gasteiger partial charge in [0.2, 0.25) is 5.89 Å². The molecule has 7 nitrogen and oxygen atoms in total. The van der Waals surface area contributed by atoms with Gasteiger partial charge >= 0.3 is 0 Å². The van der Waals surface area contributed by atoms with Gasteiger partial charge in [-0.05, 0) is 18.6 Å². The van der Waals surface area contributed by atoms with E-state index in [4.69, 9.17) is 9.26 Å². The molecule has 0 bridgehead atoms. The molecular weight excluding hydrogens is 342 g/mol. The molecule has 0 amide bonds. The molecule has 0 radical (unpaired) electrons. The van der Waals surface area contributed by atoms with Crippen LogP contribution in [-0.2, 0) is 13.0 Å². The molecule has 3 heterocycles. The molecule has 0 aliphatic carbocycles. The predicted octanol–water partition coefficient (Wildman–Crippen LogP) is 2.82. The first kappa shape index (κ1) is 17.7. The van der Waals surface area contributed by atoms with Gasteiger partial charge in [-0.2, -0.15) is 4.98 Å². The molecule has 1 fully saturated rings. The van der Waals surface area contributed by atoms with E-state index in [9.17, 15) is 0 Å². The van der Waals surface area contributed by atoms with Gasteiger partial charge in [-0.15, -0.1) is 0 Å². The summed E-state index contributed by atoms with van der Waals surface area (Å²) < 4.78 is 10.7. The van der Waals surface area contributed by atoms with Crippen molar-refractivity contribution in [3.63, 3.8) is 0 Å². The van der Waals surface area contributed by atoms with Crippen LogP contribution >= 0.6 is 0 Å². The quantitative estimate of drug-likeness (QED) is 0.687. The van der Waals surface area contributed by atoms with Gasteiger partial charge in [0.15, 0.2) is 5.82 Å². The van der Waals surface area contributed by atoms with Crippen LogP contribution in [0.4, 0.5) is 5.69 Å². The number of rotatable bonds is 5. The minimum Gasteiger partial charge on any atom is -0.494 e. The summed E-state index contributed by atoms with van der Waals surface area (Å²) in [5, 5.41) is 5.22. The van der Waals surface area contributed by atoms with Crippen molar-refractivity contribution in [3.05, 3.63) is 41.7 Å². The number of para-hydroxylation sites is 1. The van der Waals surface area contributed by atoms with Crippen molar-refractivity contribution in [2.24, 2.45) is 0 Å². The number of hydrogen-bond donors (Lipinski definition) is 0. The second kappa shape index (κ2) is 7.52. The lowest BCUT2D eigenvalue weighted by atomic mass is 10.1. The topological polar surface area (TPSA) is 67.5 Å². The maximum absolute atomic E-state index is 5.49. The van der Waals surface area contributed by atoms with Crippen LogP contribution < -0.4 is 9.64 Å². The zero-order valence-corrected chi connectivity index (χ0v) is 16.1. The van der Waals surface area contributed by atoms with Crippen molar-refractivity contribution >= 4 is 16.6 Å². The van der Waals surface area contributed by atoms with Crippen molar-refractivity contribution in [1.29, 1.82) is 0 Å². The monoisotopic (exact) mass is 367 g/mol. The Balaban J connectivity index is 1.52. The van der Waals surface area contributed by atoms with Gasteiger partial charge < -0.3 is 14.2 Å². The van der Waals surface area contributed by atoms with Gasteiger partial charge in [0.05, 0.1) is 19.3 Å². The van der Waals surface area contributed by atoms with E-state index in [0.29, 0.717) is 5.89 Å². The Labute approximate surface area is 158 Å². The maximum atomic E-state index is 5.49. The van der Waals surface area contributed by atoms with Crippen LogP contribution in [0.2, 0.25) is 0 Å². The lowest BCUT2D eigenvalue weighted by molar-refractivity contribution is 0.240. The van der Waals surface area contributed by atoms with Crippen molar-refractivity contribution in [2.45, 2.75) is 26.8 Å². The molecule has 1 aromatic carbocycles. The van der Waals surface area contributed by atoms with Crippen LogP contribution in [-0.4, -0.2) is 53.3 Å². The predicted molar refractivity (Wildman–Crippen MR) is 104 cm³/mol. The first-order valence-electron chi connectivity index (χ1n) is 9.40. The van der Waals surface area contributed by atoms with Crippen molar-refractivity contribution in [2.75, 3.05) is 38.2 Å². The molecule has 7 heteroatoms. The number of aryl methyl sites for hydroxylation is 2. The van der Waals surface area contributed by atoms with E-state index in [1.54, 1.807) is 7.11 Å². The number of hydrogen-bond acceptors (Lipinski definition) is 7. The fraction of sp³-hybridized carbons (Fsp3) is 0.450. The summed E-state index contributed by atoms with van der Waals surface area (Å²) in [7, 11) is 1.69. The number of methoxy groups -OCH3 is 1. The number of benzene rings is 1. The Morgan fingerprint density at radius 1 is 1.19 bits per heavy atom. The lowest BCUT2D eigenvalue weighted by Gasteiger charge is -2.36. The Hall–Kier alpha value is -2.67. The Bertz CT molecular complexity index is 931. The van der Waals surface area contributed by atoms with Crippen LogP contribution in [0.5, 0.6) is 5.75 Å². The molecule has 4 rings (SSSR count). The summed E-state index contributed by atoms with van der Waals surface area (Å²) in [5.41, 5.74) is 3.36. The van der Waals surface area contributed by atoms with Gasteiger partial charge in [0, 0.05) is 44.2 Å². The number of anilines is 1. The van der Waals surface area contributed by atoms with Crippen molar-refractivity contribution < 1.29 is 9.26 Å². The zero-order chi connectivity index (χ0) is 18.8. The average Bonchev–Trinajstić information content (AvgIpc) is 3.16. The summed E-state index contributed by atoms with van der Waals surface area (Å²) in [4.78, 5) is 13.8. The minimum atomic E-state index is 0.705. The highest BCUT2D eigenvalue weighted by molar-refractivity contribution is 5.96. The van der Waals surface area contributed by atoms with Gasteiger partial charge in [0.25, 0.3) is 0 Å². The maximum Gasteiger partial charge on any atom is 0.226 e. The number of nitrogens with zero attached hydrogens (tertiary/aromatic N) is 5. The molecule has 1 aliphatic heterocycles. The minimum absolute atomic E-state index is 0.705.